The van der Waals surface area contributed by atoms with Crippen LogP contribution in [-0.4, -0.2) is 34.9 Å². The molecule has 0 aliphatic carbocycles. The fraction of sp³-hybridized carbons (Fsp3) is 0.241. The van der Waals surface area contributed by atoms with Crippen LogP contribution in [0.1, 0.15) is 34.3 Å². The lowest BCUT2D eigenvalue weighted by Gasteiger charge is -2.32. The Morgan fingerprint density at radius 1 is 1.00 bits per heavy atom. The minimum absolute atomic E-state index is 0.0327. The summed E-state index contributed by atoms with van der Waals surface area (Å²) in [6.45, 7) is 4.95. The predicted molar refractivity (Wildman–Crippen MR) is 139 cm³/mol. The molecule has 0 radical (unpaired) electrons. The maximum absolute atomic E-state index is 13.5. The Kier molecular flexibility index (Phi) is 6.61. The van der Waals surface area contributed by atoms with Gasteiger partial charge in [-0.2, -0.15) is 0 Å². The molecule has 1 saturated heterocycles. The molecule has 4 aromatic rings. The van der Waals surface area contributed by atoms with Crippen LogP contribution in [0.3, 0.4) is 0 Å². The third kappa shape index (κ3) is 5.14. The lowest BCUT2D eigenvalue weighted by Crippen LogP contribution is -2.44. The molecule has 5 rings (SSSR count). The van der Waals surface area contributed by atoms with Gasteiger partial charge < -0.3 is 5.32 Å². The van der Waals surface area contributed by atoms with Crippen molar-refractivity contribution in [1.82, 2.24) is 15.2 Å². The number of rotatable bonds is 5. The summed E-state index contributed by atoms with van der Waals surface area (Å²) in [6.07, 6.45) is 1.90. The molecule has 2 heterocycles. The fourth-order valence-electron chi connectivity index (χ4n) is 4.64. The molecule has 1 aliphatic heterocycles. The van der Waals surface area contributed by atoms with Gasteiger partial charge in [-0.1, -0.05) is 65.7 Å². The summed E-state index contributed by atoms with van der Waals surface area (Å²) in [5, 5.41) is 4.87. The molecule has 0 unspecified atom stereocenters. The van der Waals surface area contributed by atoms with E-state index in [0.717, 1.165) is 60.2 Å². The number of aromatic nitrogens is 1. The molecule has 5 heteroatoms. The van der Waals surface area contributed by atoms with Crippen LogP contribution in [0.2, 0.25) is 5.02 Å². The summed E-state index contributed by atoms with van der Waals surface area (Å²) < 4.78 is 0. The van der Waals surface area contributed by atoms with E-state index in [0.29, 0.717) is 10.6 Å². The van der Waals surface area contributed by atoms with Crippen molar-refractivity contribution in [2.24, 2.45) is 0 Å². The van der Waals surface area contributed by atoms with Crippen molar-refractivity contribution in [1.29, 1.82) is 0 Å². The minimum Gasteiger partial charge on any atom is -0.349 e. The summed E-state index contributed by atoms with van der Waals surface area (Å²) in [7, 11) is 0. The Labute approximate surface area is 205 Å². The number of hydrogen-bond donors (Lipinski definition) is 1. The molecule has 1 amide bonds. The van der Waals surface area contributed by atoms with Gasteiger partial charge in [-0.05, 0) is 55.7 Å². The number of benzene rings is 3. The third-order valence-electron chi connectivity index (χ3n) is 6.52. The van der Waals surface area contributed by atoms with E-state index in [1.807, 2.05) is 61.5 Å². The summed E-state index contributed by atoms with van der Waals surface area (Å²) >= 11 is 6.07. The first kappa shape index (κ1) is 22.6. The second-order valence-electron chi connectivity index (χ2n) is 9.09. The molecule has 0 saturated carbocycles. The van der Waals surface area contributed by atoms with E-state index in [2.05, 4.69) is 34.5 Å². The van der Waals surface area contributed by atoms with E-state index in [1.165, 1.54) is 5.56 Å². The van der Waals surface area contributed by atoms with E-state index in [-0.39, 0.29) is 11.9 Å². The van der Waals surface area contributed by atoms with Gasteiger partial charge in [-0.25, -0.2) is 4.98 Å². The predicted octanol–water partition coefficient (Wildman–Crippen LogP) is 6.26. The molecule has 1 aromatic heterocycles. The first-order valence-electron chi connectivity index (χ1n) is 11.8. The highest BCUT2D eigenvalue weighted by molar-refractivity contribution is 6.30. The smallest absolute Gasteiger partial charge is 0.252 e. The molecular weight excluding hydrogens is 442 g/mol. The number of pyridine rings is 1. The van der Waals surface area contributed by atoms with Crippen molar-refractivity contribution in [3.05, 3.63) is 101 Å². The second-order valence-corrected chi connectivity index (χ2v) is 9.53. The Morgan fingerprint density at radius 3 is 2.47 bits per heavy atom. The minimum atomic E-state index is -0.0327. The number of carbonyl (C=O) groups is 1. The highest BCUT2D eigenvalue weighted by Gasteiger charge is 2.23. The third-order valence-corrected chi connectivity index (χ3v) is 6.77. The highest BCUT2D eigenvalue weighted by Crippen LogP contribution is 2.27. The van der Waals surface area contributed by atoms with Crippen molar-refractivity contribution < 1.29 is 4.79 Å². The first-order valence-corrected chi connectivity index (χ1v) is 12.2. The zero-order chi connectivity index (χ0) is 23.5. The van der Waals surface area contributed by atoms with Crippen molar-refractivity contribution in [2.45, 2.75) is 32.4 Å². The van der Waals surface area contributed by atoms with Crippen LogP contribution < -0.4 is 5.32 Å². The topological polar surface area (TPSA) is 45.2 Å². The zero-order valence-corrected chi connectivity index (χ0v) is 20.1. The maximum atomic E-state index is 13.5. The van der Waals surface area contributed by atoms with Crippen LogP contribution in [0, 0.1) is 6.92 Å². The van der Waals surface area contributed by atoms with Crippen molar-refractivity contribution >= 4 is 28.4 Å². The number of aryl methyl sites for hydroxylation is 1. The number of nitrogens with zero attached hydrogens (tertiary/aromatic N) is 2. The van der Waals surface area contributed by atoms with Crippen LogP contribution in [0.4, 0.5) is 0 Å². The number of amides is 1. The summed E-state index contributed by atoms with van der Waals surface area (Å²) in [4.78, 5) is 20.8. The van der Waals surface area contributed by atoms with Gasteiger partial charge in [-0.3, -0.25) is 9.69 Å². The molecule has 0 spiro atoms. The summed E-state index contributed by atoms with van der Waals surface area (Å²) in [6, 6.07) is 26.3. The lowest BCUT2D eigenvalue weighted by atomic mass is 10.00. The number of likely N-dealkylation sites (tertiary alicyclic amines) is 1. The standard InChI is InChI=1S/C29H28ClN3O/c1-20-7-12-27-25(17-20)26(18-28(32-27)22-8-10-23(30)11-9-22)29(34)31-24-13-15-33(16-14-24)19-21-5-3-2-4-6-21/h2-12,17-18,24H,13-16,19H2,1H3,(H,31,34). The van der Waals surface area contributed by atoms with Gasteiger partial charge in [0.2, 0.25) is 0 Å². The lowest BCUT2D eigenvalue weighted by molar-refractivity contribution is 0.0910. The van der Waals surface area contributed by atoms with Gasteiger partial charge >= 0.3 is 0 Å². The van der Waals surface area contributed by atoms with E-state index in [4.69, 9.17) is 16.6 Å². The molecule has 1 fully saturated rings. The van der Waals surface area contributed by atoms with E-state index >= 15 is 0 Å². The molecule has 34 heavy (non-hydrogen) atoms. The molecule has 1 aliphatic rings. The number of halogens is 1. The van der Waals surface area contributed by atoms with Crippen molar-refractivity contribution in [3.8, 4) is 11.3 Å². The molecule has 0 bridgehead atoms. The Morgan fingerprint density at radius 2 is 1.74 bits per heavy atom. The number of piperidine rings is 1. The van der Waals surface area contributed by atoms with E-state index in [9.17, 15) is 4.79 Å². The van der Waals surface area contributed by atoms with Crippen LogP contribution in [-0.2, 0) is 6.54 Å². The number of carbonyl (C=O) groups excluding carboxylic acids is 1. The van der Waals surface area contributed by atoms with Gasteiger partial charge in [0.25, 0.3) is 5.91 Å². The monoisotopic (exact) mass is 469 g/mol. The Balaban J connectivity index is 1.34. The molecule has 1 N–H and O–H groups in total. The van der Waals surface area contributed by atoms with Gasteiger partial charge in [-0.15, -0.1) is 0 Å². The number of fused-ring (bicyclic) bond motifs is 1. The Hall–Kier alpha value is -3.21. The Bertz CT molecular complexity index is 1300. The normalized spacial score (nSPS) is 14.9. The van der Waals surface area contributed by atoms with Crippen molar-refractivity contribution in [3.63, 3.8) is 0 Å². The zero-order valence-electron chi connectivity index (χ0n) is 19.3. The number of nitrogens with one attached hydrogen (secondary N) is 1. The quantitative estimate of drug-likeness (QED) is 0.375. The maximum Gasteiger partial charge on any atom is 0.252 e. The van der Waals surface area contributed by atoms with Crippen LogP contribution in [0.25, 0.3) is 22.2 Å². The fourth-order valence-corrected chi connectivity index (χ4v) is 4.76. The van der Waals surface area contributed by atoms with Gasteiger partial charge in [0.05, 0.1) is 16.8 Å². The van der Waals surface area contributed by atoms with E-state index < -0.39 is 0 Å². The molecular formula is C29H28ClN3O. The second kappa shape index (κ2) is 9.96. The average Bonchev–Trinajstić information content (AvgIpc) is 2.86. The summed E-state index contributed by atoms with van der Waals surface area (Å²) in [5.41, 5.74) is 5.65. The van der Waals surface area contributed by atoms with Crippen LogP contribution in [0.15, 0.2) is 78.9 Å². The summed E-state index contributed by atoms with van der Waals surface area (Å²) in [5.74, 6) is -0.0327. The van der Waals surface area contributed by atoms with Crippen LogP contribution in [0.5, 0.6) is 0 Å². The average molecular weight is 470 g/mol. The molecule has 0 atom stereocenters. The number of hydrogen-bond acceptors (Lipinski definition) is 3. The van der Waals surface area contributed by atoms with Gasteiger partial charge in [0, 0.05) is 41.6 Å². The molecule has 172 valence electrons. The molecule has 4 nitrogen and oxygen atoms in total. The van der Waals surface area contributed by atoms with Gasteiger partial charge in [0.15, 0.2) is 0 Å². The van der Waals surface area contributed by atoms with Crippen LogP contribution >= 0.6 is 11.6 Å². The largest absolute Gasteiger partial charge is 0.349 e. The highest BCUT2D eigenvalue weighted by atomic mass is 35.5. The van der Waals surface area contributed by atoms with Gasteiger partial charge in [0.1, 0.15) is 0 Å². The first-order chi connectivity index (χ1) is 16.5. The van der Waals surface area contributed by atoms with Crippen molar-refractivity contribution in [2.75, 3.05) is 13.1 Å². The molecule has 3 aromatic carbocycles. The van der Waals surface area contributed by atoms with E-state index in [1.54, 1.807) is 0 Å². The SMILES string of the molecule is Cc1ccc2nc(-c3ccc(Cl)cc3)cc(C(=O)NC3CCN(Cc4ccccc4)CC3)c2c1.